The number of carboxylic acids is 1. The van der Waals surface area contributed by atoms with Gasteiger partial charge in [-0.2, -0.15) is 0 Å². The van der Waals surface area contributed by atoms with Crippen molar-refractivity contribution in [3.05, 3.63) is 29.8 Å². The lowest BCUT2D eigenvalue weighted by Gasteiger charge is -2.21. The second-order valence-electron chi connectivity index (χ2n) is 5.77. The van der Waals surface area contributed by atoms with Crippen LogP contribution in [0.5, 0.6) is 5.75 Å². The first-order valence-corrected chi connectivity index (χ1v) is 7.42. The molecule has 21 heavy (non-hydrogen) atoms. The van der Waals surface area contributed by atoms with E-state index in [2.05, 4.69) is 0 Å². The minimum atomic E-state index is -0.926. The number of benzene rings is 1. The highest BCUT2D eigenvalue weighted by Crippen LogP contribution is 2.29. The second-order valence-corrected chi connectivity index (χ2v) is 5.77. The Morgan fingerprint density at radius 1 is 1.19 bits per heavy atom. The molecule has 5 nitrogen and oxygen atoms in total. The van der Waals surface area contributed by atoms with Crippen molar-refractivity contribution in [2.75, 3.05) is 13.2 Å². The highest BCUT2D eigenvalue weighted by molar-refractivity contribution is 5.97. The molecule has 1 N–H and O–H groups in total. The van der Waals surface area contributed by atoms with E-state index in [0.717, 1.165) is 18.8 Å². The SMILES string of the molecule is O=C(O)[C@@H]1CCCN1C(=O)c1ccc(OCC2CC2)cc1. The average molecular weight is 289 g/mol. The standard InChI is InChI=1S/C16H19NO4/c18-15(17-9-1-2-14(17)16(19)20)12-5-7-13(8-6-12)21-10-11-3-4-11/h5-8,11,14H,1-4,9-10H2,(H,19,20)/t14-/m0/s1. The molecular formula is C16H19NO4. The summed E-state index contributed by atoms with van der Waals surface area (Å²) in [7, 11) is 0. The highest BCUT2D eigenvalue weighted by atomic mass is 16.5. The van der Waals surface area contributed by atoms with E-state index in [1.54, 1.807) is 24.3 Å². The molecule has 1 aromatic carbocycles. The van der Waals surface area contributed by atoms with E-state index in [1.807, 2.05) is 0 Å². The summed E-state index contributed by atoms with van der Waals surface area (Å²) in [5, 5.41) is 9.14. The van der Waals surface area contributed by atoms with Crippen LogP contribution >= 0.6 is 0 Å². The van der Waals surface area contributed by atoms with Crippen LogP contribution in [0.3, 0.4) is 0 Å². The molecule has 1 aliphatic carbocycles. The fourth-order valence-corrected chi connectivity index (χ4v) is 2.62. The lowest BCUT2D eigenvalue weighted by atomic mass is 10.1. The van der Waals surface area contributed by atoms with Crippen LogP contribution in [0.1, 0.15) is 36.0 Å². The summed E-state index contributed by atoms with van der Waals surface area (Å²) in [6.45, 7) is 1.25. The summed E-state index contributed by atoms with van der Waals surface area (Å²) in [6.07, 6.45) is 3.75. The molecule has 1 amide bonds. The zero-order valence-electron chi connectivity index (χ0n) is 11.8. The molecule has 0 aromatic heterocycles. The van der Waals surface area contributed by atoms with Crippen LogP contribution in [0.15, 0.2) is 24.3 Å². The van der Waals surface area contributed by atoms with Crippen molar-refractivity contribution in [2.45, 2.75) is 31.7 Å². The number of amides is 1. The summed E-state index contributed by atoms with van der Waals surface area (Å²) in [6, 6.07) is 6.29. The van der Waals surface area contributed by atoms with Crippen LogP contribution in [0.25, 0.3) is 0 Å². The molecule has 2 fully saturated rings. The molecule has 0 spiro atoms. The zero-order valence-corrected chi connectivity index (χ0v) is 11.8. The highest BCUT2D eigenvalue weighted by Gasteiger charge is 2.34. The summed E-state index contributed by atoms with van der Waals surface area (Å²) in [5.74, 6) is 0.306. The lowest BCUT2D eigenvalue weighted by Crippen LogP contribution is -2.40. The number of carboxylic acid groups (broad SMARTS) is 1. The van der Waals surface area contributed by atoms with Gasteiger partial charge in [-0.05, 0) is 55.9 Å². The predicted molar refractivity (Wildman–Crippen MR) is 76.4 cm³/mol. The number of rotatable bonds is 5. The van der Waals surface area contributed by atoms with Crippen LogP contribution in [0.4, 0.5) is 0 Å². The third kappa shape index (κ3) is 3.17. The monoisotopic (exact) mass is 289 g/mol. The third-order valence-electron chi connectivity index (χ3n) is 4.08. The normalized spacial score (nSPS) is 21.3. The molecule has 1 heterocycles. The molecule has 0 radical (unpaired) electrons. The minimum absolute atomic E-state index is 0.214. The van der Waals surface area contributed by atoms with Gasteiger partial charge in [0.15, 0.2) is 0 Å². The fraction of sp³-hybridized carbons (Fsp3) is 0.500. The van der Waals surface area contributed by atoms with Gasteiger partial charge in [-0.1, -0.05) is 0 Å². The molecule has 1 aliphatic heterocycles. The molecule has 2 aliphatic rings. The van der Waals surface area contributed by atoms with Crippen molar-refractivity contribution < 1.29 is 19.4 Å². The van der Waals surface area contributed by atoms with E-state index >= 15 is 0 Å². The number of likely N-dealkylation sites (tertiary alicyclic amines) is 1. The molecule has 3 rings (SSSR count). The van der Waals surface area contributed by atoms with Crippen LogP contribution in [0.2, 0.25) is 0 Å². The minimum Gasteiger partial charge on any atom is -0.493 e. The molecule has 1 saturated carbocycles. The second kappa shape index (κ2) is 5.76. The zero-order chi connectivity index (χ0) is 14.8. The molecule has 0 unspecified atom stereocenters. The van der Waals surface area contributed by atoms with Crippen molar-refractivity contribution in [2.24, 2.45) is 5.92 Å². The Labute approximate surface area is 123 Å². The lowest BCUT2D eigenvalue weighted by molar-refractivity contribution is -0.141. The van der Waals surface area contributed by atoms with Gasteiger partial charge < -0.3 is 14.7 Å². The van der Waals surface area contributed by atoms with Gasteiger partial charge in [0.25, 0.3) is 5.91 Å². The van der Waals surface area contributed by atoms with Crippen LogP contribution in [-0.2, 0) is 4.79 Å². The molecule has 112 valence electrons. The van der Waals surface area contributed by atoms with E-state index in [1.165, 1.54) is 17.7 Å². The van der Waals surface area contributed by atoms with E-state index in [0.29, 0.717) is 24.4 Å². The molecule has 5 heteroatoms. The van der Waals surface area contributed by atoms with Gasteiger partial charge in [0.05, 0.1) is 6.61 Å². The Morgan fingerprint density at radius 2 is 1.90 bits per heavy atom. The first-order chi connectivity index (χ1) is 10.1. The Hall–Kier alpha value is -2.04. The number of hydrogen-bond acceptors (Lipinski definition) is 3. The average Bonchev–Trinajstić information content (AvgIpc) is 3.18. The number of nitrogens with zero attached hydrogens (tertiary/aromatic N) is 1. The molecular weight excluding hydrogens is 270 g/mol. The van der Waals surface area contributed by atoms with Crippen LogP contribution in [0, 0.1) is 5.92 Å². The predicted octanol–water partition coefficient (Wildman–Crippen LogP) is 2.16. The summed E-state index contributed by atoms with van der Waals surface area (Å²) < 4.78 is 5.63. The van der Waals surface area contributed by atoms with Crippen molar-refractivity contribution in [3.63, 3.8) is 0 Å². The number of carbonyl (C=O) groups excluding carboxylic acids is 1. The van der Waals surface area contributed by atoms with Gasteiger partial charge in [0.1, 0.15) is 11.8 Å². The Bertz CT molecular complexity index is 536. The molecule has 0 bridgehead atoms. The quantitative estimate of drug-likeness (QED) is 0.902. The van der Waals surface area contributed by atoms with Gasteiger partial charge in [0, 0.05) is 12.1 Å². The largest absolute Gasteiger partial charge is 0.493 e. The van der Waals surface area contributed by atoms with Crippen molar-refractivity contribution in [1.82, 2.24) is 4.90 Å². The Kier molecular flexibility index (Phi) is 3.82. The summed E-state index contributed by atoms with van der Waals surface area (Å²) >= 11 is 0. The van der Waals surface area contributed by atoms with Crippen molar-refractivity contribution in [1.29, 1.82) is 0 Å². The first-order valence-electron chi connectivity index (χ1n) is 7.42. The van der Waals surface area contributed by atoms with Crippen molar-refractivity contribution >= 4 is 11.9 Å². The van der Waals surface area contributed by atoms with Gasteiger partial charge >= 0.3 is 5.97 Å². The van der Waals surface area contributed by atoms with Gasteiger partial charge in [-0.3, -0.25) is 4.79 Å². The smallest absolute Gasteiger partial charge is 0.326 e. The maximum Gasteiger partial charge on any atom is 0.326 e. The maximum atomic E-state index is 12.4. The third-order valence-corrected chi connectivity index (χ3v) is 4.08. The van der Waals surface area contributed by atoms with E-state index in [-0.39, 0.29) is 5.91 Å². The van der Waals surface area contributed by atoms with Gasteiger partial charge in [0.2, 0.25) is 0 Å². The van der Waals surface area contributed by atoms with E-state index < -0.39 is 12.0 Å². The van der Waals surface area contributed by atoms with Crippen LogP contribution in [-0.4, -0.2) is 41.1 Å². The fourth-order valence-electron chi connectivity index (χ4n) is 2.62. The Balaban J connectivity index is 1.64. The van der Waals surface area contributed by atoms with Crippen LogP contribution < -0.4 is 4.74 Å². The summed E-state index contributed by atoms with van der Waals surface area (Å²) in [5.41, 5.74) is 0.516. The maximum absolute atomic E-state index is 12.4. The van der Waals surface area contributed by atoms with Gasteiger partial charge in [-0.25, -0.2) is 4.79 Å². The number of ether oxygens (including phenoxy) is 1. The van der Waals surface area contributed by atoms with Crippen molar-refractivity contribution in [3.8, 4) is 5.75 Å². The topological polar surface area (TPSA) is 66.8 Å². The Morgan fingerprint density at radius 3 is 2.52 bits per heavy atom. The molecule has 1 saturated heterocycles. The van der Waals surface area contributed by atoms with Gasteiger partial charge in [-0.15, -0.1) is 0 Å². The molecule has 1 atom stereocenters. The molecule has 1 aromatic rings. The number of carbonyl (C=O) groups is 2. The van der Waals surface area contributed by atoms with E-state index in [9.17, 15) is 9.59 Å². The van der Waals surface area contributed by atoms with E-state index in [4.69, 9.17) is 9.84 Å². The first kappa shape index (κ1) is 13.9. The number of aliphatic carboxylic acids is 1. The number of hydrogen-bond donors (Lipinski definition) is 1. The summed E-state index contributed by atoms with van der Waals surface area (Å²) in [4.78, 5) is 25.0.